The molecule has 27 nitrogen and oxygen atoms in total. The molecule has 0 radical (unpaired) electrons. The maximum absolute atomic E-state index is 14.1. The number of carbonyl (C=O) groups excluding carboxylic acids is 9. The molecule has 3 aromatic rings. The van der Waals surface area contributed by atoms with Crippen molar-refractivity contribution in [3.8, 4) is 0 Å². The number of para-hydroxylation sites is 1. The smallest absolute Gasteiger partial charge is 0.326 e. The molecule has 77 heavy (non-hydrogen) atoms. The average molecular weight is 1080 g/mol. The molecule has 2 heterocycles. The molecule has 0 spiro atoms. The highest BCUT2D eigenvalue weighted by Crippen LogP contribution is 2.20. The Labute approximate surface area is 444 Å². The minimum Gasteiger partial charge on any atom is -0.481 e. The number of primary amides is 1. The first kappa shape index (κ1) is 63.4. The second-order valence-electron chi connectivity index (χ2n) is 19.2. The minimum absolute atomic E-state index is 0.191. The van der Waals surface area contributed by atoms with Crippen molar-refractivity contribution in [1.82, 2.24) is 57.5 Å². The van der Waals surface area contributed by atoms with Crippen LogP contribution in [0.15, 0.2) is 43.0 Å². The quantitative estimate of drug-likeness (QED) is 0.0309. The van der Waals surface area contributed by atoms with Gasteiger partial charge in [-0.15, -0.1) is 0 Å². The number of hydrogen-bond donors (Lipinski definition) is 15. The molecule has 0 saturated heterocycles. The summed E-state index contributed by atoms with van der Waals surface area (Å²) in [6.07, 6.45) is 1.75. The highest BCUT2D eigenvalue weighted by molar-refractivity contribution is 5.99. The maximum atomic E-state index is 14.1. The molecule has 0 aliphatic carbocycles. The highest BCUT2D eigenvalue weighted by Gasteiger charge is 2.38. The third kappa shape index (κ3) is 19.6. The number of rotatable bonds is 33. The van der Waals surface area contributed by atoms with Gasteiger partial charge in [0.25, 0.3) is 0 Å². The van der Waals surface area contributed by atoms with Crippen molar-refractivity contribution in [1.29, 1.82) is 0 Å². The van der Waals surface area contributed by atoms with Gasteiger partial charge in [-0.25, -0.2) is 9.78 Å². The number of aromatic amines is 2. The number of carboxylic acid groups (broad SMARTS) is 2. The number of aliphatic hydroxyl groups is 1. The first-order valence-corrected chi connectivity index (χ1v) is 25.4. The Morgan fingerprint density at radius 2 is 1.17 bits per heavy atom. The SMILES string of the molecule is CC[C@H](C)[C@H](N)C(=O)N[C@@H](CCC(=O)O)C(=O)N[C@@H](Cc1cnc[nH]1)C(=O)NCC(=O)N[C@H](C(=O)N[C@H](C(=O)N[C@H](C(=O)N[C@@H](CC(N)=O)C(=O)N[C@@H](Cc1c[nH]c2ccccc12)C(=O)O)[C@@H](C)O)[C@@H](C)CC)[C@@H](C)CC. The van der Waals surface area contributed by atoms with Gasteiger partial charge in [0.2, 0.25) is 53.2 Å². The zero-order valence-electron chi connectivity index (χ0n) is 44.3. The number of H-pyrrole nitrogens is 2. The number of aliphatic hydroxyl groups excluding tert-OH is 1. The Morgan fingerprint density at radius 1 is 0.623 bits per heavy atom. The predicted molar refractivity (Wildman–Crippen MR) is 277 cm³/mol. The van der Waals surface area contributed by atoms with Crippen molar-refractivity contribution in [3.05, 3.63) is 54.2 Å². The van der Waals surface area contributed by atoms with E-state index in [0.29, 0.717) is 29.5 Å². The summed E-state index contributed by atoms with van der Waals surface area (Å²) in [5, 5.41) is 50.4. The van der Waals surface area contributed by atoms with Gasteiger partial charge in [0, 0.05) is 48.3 Å². The van der Waals surface area contributed by atoms with Crippen LogP contribution in [0, 0.1) is 17.8 Å². The molecule has 1 aromatic carbocycles. The lowest BCUT2D eigenvalue weighted by Crippen LogP contribution is -2.63. The summed E-state index contributed by atoms with van der Waals surface area (Å²) in [4.78, 5) is 155. The molecule has 0 saturated carbocycles. The molecule has 0 aliphatic rings. The number of fused-ring (bicyclic) bond motifs is 1. The Bertz CT molecular complexity index is 2540. The van der Waals surface area contributed by atoms with Crippen LogP contribution in [0.5, 0.6) is 0 Å². The molecule has 0 fully saturated rings. The van der Waals surface area contributed by atoms with Gasteiger partial charge in [0.1, 0.15) is 42.3 Å². The van der Waals surface area contributed by atoms with Crippen LogP contribution >= 0.6 is 0 Å². The van der Waals surface area contributed by atoms with Crippen molar-refractivity contribution in [3.63, 3.8) is 0 Å². The first-order chi connectivity index (χ1) is 36.3. The van der Waals surface area contributed by atoms with Crippen LogP contribution in [0.1, 0.15) is 98.2 Å². The van der Waals surface area contributed by atoms with E-state index >= 15 is 0 Å². The molecule has 3 rings (SSSR count). The number of imidazole rings is 1. The summed E-state index contributed by atoms with van der Waals surface area (Å²) in [5.41, 5.74) is 13.1. The van der Waals surface area contributed by atoms with Gasteiger partial charge >= 0.3 is 11.9 Å². The molecule has 0 unspecified atom stereocenters. The van der Waals surface area contributed by atoms with Gasteiger partial charge < -0.3 is 79.3 Å². The fraction of sp³-hybridized carbons (Fsp3) is 0.560. The minimum atomic E-state index is -1.81. The summed E-state index contributed by atoms with van der Waals surface area (Å²) in [6.45, 7) is 10.7. The standard InChI is InChI=1S/C50H75N13O14/c1-8-24(4)39(52)46(72)57-32(15-16-38(67)68)44(70)58-33(18-29-21-53-23-56-29)43(69)55-22-37(66)61-40(25(5)9-2)47(73)62-41(26(6)10-3)48(74)63-42(27(7)64)49(75)59-34(19-36(51)65)45(71)60-35(50(76)77)17-28-20-54-31-14-12-11-13-30(28)31/h11-14,20-21,23-27,32-35,39-42,54,64H,8-10,15-19,22,52H2,1-7H3,(H2,51,65)(H,53,56)(H,55,69)(H,57,72)(H,58,70)(H,59,75)(H,60,71)(H,61,66)(H,62,73)(H,63,74)(H,67,68)(H,76,77)/t24-,25-,26-,27+,32-,33-,34-,35-,39-,40-,41-,42-/m0/s1. The van der Waals surface area contributed by atoms with E-state index in [-0.39, 0.29) is 31.6 Å². The average Bonchev–Trinajstić information content (AvgIpc) is 4.07. The zero-order chi connectivity index (χ0) is 57.7. The van der Waals surface area contributed by atoms with E-state index in [4.69, 9.17) is 11.5 Å². The number of nitrogens with one attached hydrogen (secondary N) is 10. The lowest BCUT2D eigenvalue weighted by atomic mass is 9.94. The number of carboxylic acids is 2. The Balaban J connectivity index is 1.76. The van der Waals surface area contributed by atoms with Gasteiger partial charge in [0.05, 0.1) is 31.4 Å². The van der Waals surface area contributed by atoms with E-state index in [0.717, 1.165) is 12.4 Å². The van der Waals surface area contributed by atoms with Gasteiger partial charge in [-0.3, -0.25) is 47.9 Å². The van der Waals surface area contributed by atoms with E-state index in [1.807, 2.05) is 6.92 Å². The summed E-state index contributed by atoms with van der Waals surface area (Å²) in [5.74, 6) is -12.7. The Morgan fingerprint density at radius 3 is 1.73 bits per heavy atom. The van der Waals surface area contributed by atoms with E-state index in [9.17, 15) is 68.1 Å². The number of aliphatic carboxylic acids is 2. The summed E-state index contributed by atoms with van der Waals surface area (Å²) in [7, 11) is 0. The fourth-order valence-corrected chi connectivity index (χ4v) is 7.89. The van der Waals surface area contributed by atoms with E-state index in [1.165, 1.54) is 12.5 Å². The lowest BCUT2D eigenvalue weighted by Gasteiger charge is -2.31. The van der Waals surface area contributed by atoms with Gasteiger partial charge in [-0.05, 0) is 42.7 Å². The normalized spacial score (nSPS) is 15.9. The molecule has 2 aromatic heterocycles. The van der Waals surface area contributed by atoms with Crippen molar-refractivity contribution in [2.24, 2.45) is 29.2 Å². The van der Waals surface area contributed by atoms with Gasteiger partial charge in [-0.2, -0.15) is 0 Å². The Kier molecular flexibility index (Phi) is 25.2. The molecule has 0 bridgehead atoms. The number of hydrogen-bond acceptors (Lipinski definition) is 14. The van der Waals surface area contributed by atoms with Crippen LogP contribution in [0.2, 0.25) is 0 Å². The predicted octanol–water partition coefficient (Wildman–Crippen LogP) is -2.14. The zero-order valence-corrected chi connectivity index (χ0v) is 44.3. The Hall–Kier alpha value is -7.94. The number of nitrogens with two attached hydrogens (primary N) is 2. The van der Waals surface area contributed by atoms with Crippen LogP contribution < -0.4 is 54.0 Å². The van der Waals surface area contributed by atoms with Crippen LogP contribution in [-0.4, -0.2) is 156 Å². The molecule has 27 heteroatoms. The van der Waals surface area contributed by atoms with Crippen molar-refractivity contribution in [2.45, 2.75) is 154 Å². The van der Waals surface area contributed by atoms with E-state index in [1.54, 1.807) is 65.1 Å². The third-order valence-corrected chi connectivity index (χ3v) is 13.3. The second-order valence-corrected chi connectivity index (χ2v) is 19.2. The van der Waals surface area contributed by atoms with Gasteiger partial charge in [-0.1, -0.05) is 79.0 Å². The number of carbonyl (C=O) groups is 11. The first-order valence-electron chi connectivity index (χ1n) is 25.4. The van der Waals surface area contributed by atoms with Crippen molar-refractivity contribution >= 4 is 76.0 Å². The van der Waals surface area contributed by atoms with Crippen LogP contribution in [0.3, 0.4) is 0 Å². The largest absolute Gasteiger partial charge is 0.481 e. The molecule has 424 valence electrons. The monoisotopic (exact) mass is 1080 g/mol. The lowest BCUT2D eigenvalue weighted by molar-refractivity contribution is -0.142. The number of aromatic nitrogens is 3. The fourth-order valence-electron chi connectivity index (χ4n) is 7.89. The van der Waals surface area contributed by atoms with Crippen molar-refractivity contribution in [2.75, 3.05) is 6.54 Å². The molecule has 12 atom stereocenters. The molecular formula is C50H75N13O14. The third-order valence-electron chi connectivity index (χ3n) is 13.3. The van der Waals surface area contributed by atoms with E-state index in [2.05, 4.69) is 57.5 Å². The molecule has 0 aliphatic heterocycles. The summed E-state index contributed by atoms with van der Waals surface area (Å²) < 4.78 is 0. The summed E-state index contributed by atoms with van der Waals surface area (Å²) >= 11 is 0. The molecule has 17 N–H and O–H groups in total. The highest BCUT2D eigenvalue weighted by atomic mass is 16.4. The number of nitrogens with zero attached hydrogens (tertiary/aromatic N) is 1. The maximum Gasteiger partial charge on any atom is 0.326 e. The van der Waals surface area contributed by atoms with E-state index < -0.39 is 151 Å². The number of benzene rings is 1. The second kappa shape index (κ2) is 30.6. The van der Waals surface area contributed by atoms with Crippen LogP contribution in [0.4, 0.5) is 0 Å². The van der Waals surface area contributed by atoms with Gasteiger partial charge in [0.15, 0.2) is 0 Å². The van der Waals surface area contributed by atoms with Crippen molar-refractivity contribution < 1.29 is 68.1 Å². The molecular weight excluding hydrogens is 1010 g/mol. The van der Waals surface area contributed by atoms with Crippen LogP contribution in [0.25, 0.3) is 10.9 Å². The molecule has 9 amide bonds. The number of amides is 9. The van der Waals surface area contributed by atoms with Crippen LogP contribution in [-0.2, 0) is 65.6 Å². The summed E-state index contributed by atoms with van der Waals surface area (Å²) in [6, 6.07) is -4.62. The topological polar surface area (TPSA) is 441 Å².